The van der Waals surface area contributed by atoms with Gasteiger partial charge >= 0.3 is 0 Å². The molecule has 0 aromatic carbocycles. The first-order valence-corrected chi connectivity index (χ1v) is 7.81. The van der Waals surface area contributed by atoms with E-state index < -0.39 is 0 Å². The second-order valence-corrected chi connectivity index (χ2v) is 6.49. The molecule has 1 unspecified atom stereocenters. The fraction of sp³-hybridized carbons (Fsp3) is 0.667. The Labute approximate surface area is 123 Å². The summed E-state index contributed by atoms with van der Waals surface area (Å²) in [7, 11) is 0. The third-order valence-corrected chi connectivity index (χ3v) is 4.53. The van der Waals surface area contributed by atoms with Gasteiger partial charge < -0.3 is 10.2 Å². The van der Waals surface area contributed by atoms with Gasteiger partial charge in [0, 0.05) is 18.7 Å². The molecule has 0 saturated heterocycles. The van der Waals surface area contributed by atoms with Crippen LogP contribution in [0.1, 0.15) is 43.8 Å². The summed E-state index contributed by atoms with van der Waals surface area (Å²) in [6, 6.07) is 1.84. The minimum absolute atomic E-state index is 0.00799. The SMILES string of the molecule is O=C(NC1CC1)C1CN(C(=O)CC2CC2)Cc2ccnn21. The monoisotopic (exact) mass is 288 g/mol. The predicted molar refractivity (Wildman–Crippen MR) is 75.2 cm³/mol. The van der Waals surface area contributed by atoms with Gasteiger partial charge in [-0.2, -0.15) is 5.10 Å². The van der Waals surface area contributed by atoms with E-state index in [9.17, 15) is 9.59 Å². The molecule has 2 fully saturated rings. The zero-order chi connectivity index (χ0) is 14.4. The highest BCUT2D eigenvalue weighted by atomic mass is 16.2. The van der Waals surface area contributed by atoms with E-state index in [1.54, 1.807) is 10.9 Å². The Hall–Kier alpha value is -1.85. The fourth-order valence-electron chi connectivity index (χ4n) is 2.90. The van der Waals surface area contributed by atoms with Gasteiger partial charge in [0.15, 0.2) is 0 Å². The first-order chi connectivity index (χ1) is 10.2. The molecular formula is C15H20N4O2. The van der Waals surface area contributed by atoms with Crippen molar-refractivity contribution in [3.05, 3.63) is 18.0 Å². The molecule has 1 N–H and O–H groups in total. The molecule has 2 heterocycles. The van der Waals surface area contributed by atoms with Crippen LogP contribution in [0.5, 0.6) is 0 Å². The number of carbonyl (C=O) groups excluding carboxylic acids is 2. The van der Waals surface area contributed by atoms with E-state index in [0.29, 0.717) is 31.5 Å². The van der Waals surface area contributed by atoms with Crippen LogP contribution in [0.15, 0.2) is 12.3 Å². The summed E-state index contributed by atoms with van der Waals surface area (Å²) < 4.78 is 1.78. The lowest BCUT2D eigenvalue weighted by molar-refractivity contribution is -0.135. The topological polar surface area (TPSA) is 67.2 Å². The molecule has 6 heteroatoms. The maximum absolute atomic E-state index is 12.4. The van der Waals surface area contributed by atoms with E-state index in [1.807, 2.05) is 11.0 Å². The summed E-state index contributed by atoms with van der Waals surface area (Å²) >= 11 is 0. The zero-order valence-electron chi connectivity index (χ0n) is 12.0. The second-order valence-electron chi connectivity index (χ2n) is 6.49. The van der Waals surface area contributed by atoms with Crippen LogP contribution in [0.4, 0.5) is 0 Å². The number of nitrogens with zero attached hydrogens (tertiary/aromatic N) is 3. The Kier molecular flexibility index (Phi) is 2.97. The molecule has 112 valence electrons. The molecule has 1 atom stereocenters. The highest BCUT2D eigenvalue weighted by Gasteiger charge is 2.36. The summed E-state index contributed by atoms with van der Waals surface area (Å²) in [5, 5.41) is 7.30. The van der Waals surface area contributed by atoms with Crippen molar-refractivity contribution in [3.8, 4) is 0 Å². The molecule has 21 heavy (non-hydrogen) atoms. The van der Waals surface area contributed by atoms with E-state index in [2.05, 4.69) is 10.4 Å². The molecule has 0 spiro atoms. The van der Waals surface area contributed by atoms with Crippen molar-refractivity contribution in [2.75, 3.05) is 6.54 Å². The summed E-state index contributed by atoms with van der Waals surface area (Å²) in [5.41, 5.74) is 0.946. The molecule has 1 aliphatic heterocycles. The summed E-state index contributed by atoms with van der Waals surface area (Å²) in [6.45, 7) is 1.01. The van der Waals surface area contributed by atoms with Crippen LogP contribution in [0, 0.1) is 5.92 Å². The fourth-order valence-corrected chi connectivity index (χ4v) is 2.90. The van der Waals surface area contributed by atoms with Crippen LogP contribution < -0.4 is 5.32 Å². The Bertz CT molecular complexity index is 574. The van der Waals surface area contributed by atoms with Crippen LogP contribution in [0.2, 0.25) is 0 Å². The smallest absolute Gasteiger partial charge is 0.246 e. The Balaban J connectivity index is 1.51. The van der Waals surface area contributed by atoms with Gasteiger partial charge in [0.2, 0.25) is 11.8 Å². The maximum Gasteiger partial charge on any atom is 0.246 e. The number of amides is 2. The van der Waals surface area contributed by atoms with Crippen LogP contribution in [-0.2, 0) is 16.1 Å². The van der Waals surface area contributed by atoms with Crippen molar-refractivity contribution in [1.29, 1.82) is 0 Å². The molecule has 2 saturated carbocycles. The van der Waals surface area contributed by atoms with Crippen molar-refractivity contribution in [2.24, 2.45) is 5.92 Å². The standard InChI is InChI=1S/C15H20N4O2/c20-14(7-10-1-2-10)18-8-12-5-6-16-19(12)13(9-18)15(21)17-11-3-4-11/h5-6,10-11,13H,1-4,7-9H2,(H,17,21). The van der Waals surface area contributed by atoms with Crippen LogP contribution in [-0.4, -0.2) is 39.1 Å². The van der Waals surface area contributed by atoms with E-state index in [0.717, 1.165) is 18.5 Å². The molecule has 4 rings (SSSR count). The molecule has 0 radical (unpaired) electrons. The van der Waals surface area contributed by atoms with Gasteiger partial charge in [0.1, 0.15) is 6.04 Å². The normalized spacial score (nSPS) is 24.6. The van der Waals surface area contributed by atoms with E-state index in [-0.39, 0.29) is 17.9 Å². The van der Waals surface area contributed by atoms with Crippen molar-refractivity contribution < 1.29 is 9.59 Å². The zero-order valence-corrected chi connectivity index (χ0v) is 12.0. The van der Waals surface area contributed by atoms with Gasteiger partial charge in [0.25, 0.3) is 0 Å². The third-order valence-electron chi connectivity index (χ3n) is 4.53. The van der Waals surface area contributed by atoms with E-state index in [4.69, 9.17) is 0 Å². The highest BCUT2D eigenvalue weighted by Crippen LogP contribution is 2.34. The average Bonchev–Trinajstić information content (AvgIpc) is 3.39. The third kappa shape index (κ3) is 2.66. The van der Waals surface area contributed by atoms with Crippen LogP contribution in [0.25, 0.3) is 0 Å². The minimum atomic E-state index is -0.382. The number of fused-ring (bicyclic) bond motifs is 1. The molecule has 2 aliphatic carbocycles. The van der Waals surface area contributed by atoms with E-state index in [1.165, 1.54) is 12.8 Å². The first-order valence-electron chi connectivity index (χ1n) is 7.81. The van der Waals surface area contributed by atoms with Gasteiger partial charge in [-0.3, -0.25) is 14.3 Å². The van der Waals surface area contributed by atoms with Crippen molar-refractivity contribution in [1.82, 2.24) is 20.0 Å². The Morgan fingerprint density at radius 1 is 1.29 bits per heavy atom. The quantitative estimate of drug-likeness (QED) is 0.893. The van der Waals surface area contributed by atoms with Gasteiger partial charge in [-0.25, -0.2) is 0 Å². The minimum Gasteiger partial charge on any atom is -0.351 e. The number of nitrogens with one attached hydrogen (secondary N) is 1. The highest BCUT2D eigenvalue weighted by molar-refractivity contribution is 5.83. The number of hydrogen-bond donors (Lipinski definition) is 1. The lowest BCUT2D eigenvalue weighted by Crippen LogP contribution is -2.47. The van der Waals surface area contributed by atoms with Crippen molar-refractivity contribution in [2.45, 2.75) is 50.7 Å². The molecule has 1 aromatic rings. The second kappa shape index (κ2) is 4.86. The summed E-state index contributed by atoms with van der Waals surface area (Å²) in [6.07, 6.45) is 6.81. The van der Waals surface area contributed by atoms with Gasteiger partial charge in [-0.05, 0) is 37.7 Å². The molecule has 3 aliphatic rings. The predicted octanol–water partition coefficient (Wildman–Crippen LogP) is 0.845. The van der Waals surface area contributed by atoms with Crippen LogP contribution in [0.3, 0.4) is 0 Å². The molecule has 2 amide bonds. The lowest BCUT2D eigenvalue weighted by Gasteiger charge is -2.33. The Morgan fingerprint density at radius 2 is 2.10 bits per heavy atom. The number of carbonyl (C=O) groups is 2. The first kappa shape index (κ1) is 12.9. The molecule has 6 nitrogen and oxygen atoms in total. The molecule has 0 bridgehead atoms. The van der Waals surface area contributed by atoms with Gasteiger partial charge in [0.05, 0.1) is 18.8 Å². The largest absolute Gasteiger partial charge is 0.351 e. The van der Waals surface area contributed by atoms with Crippen molar-refractivity contribution in [3.63, 3.8) is 0 Å². The molecular weight excluding hydrogens is 268 g/mol. The van der Waals surface area contributed by atoms with Crippen LogP contribution >= 0.6 is 0 Å². The van der Waals surface area contributed by atoms with Gasteiger partial charge in [-0.15, -0.1) is 0 Å². The average molecular weight is 288 g/mol. The van der Waals surface area contributed by atoms with Gasteiger partial charge in [-0.1, -0.05) is 0 Å². The molecule has 1 aromatic heterocycles. The lowest BCUT2D eigenvalue weighted by atomic mass is 10.1. The van der Waals surface area contributed by atoms with E-state index >= 15 is 0 Å². The summed E-state index contributed by atoms with van der Waals surface area (Å²) in [4.78, 5) is 26.6. The Morgan fingerprint density at radius 3 is 2.81 bits per heavy atom. The number of rotatable bonds is 4. The number of hydrogen-bond acceptors (Lipinski definition) is 3. The number of aromatic nitrogens is 2. The maximum atomic E-state index is 12.4. The van der Waals surface area contributed by atoms with Crippen molar-refractivity contribution >= 4 is 11.8 Å². The summed E-state index contributed by atoms with van der Waals surface area (Å²) in [5.74, 6) is 0.739.